The zero-order valence-electron chi connectivity index (χ0n) is 18.1. The first-order chi connectivity index (χ1) is 15.5. The van der Waals surface area contributed by atoms with Crippen molar-refractivity contribution < 1.29 is 9.59 Å². The summed E-state index contributed by atoms with van der Waals surface area (Å²) in [6.45, 7) is 3.93. The van der Waals surface area contributed by atoms with Gasteiger partial charge < -0.3 is 10.6 Å². The van der Waals surface area contributed by atoms with Gasteiger partial charge in [0.25, 0.3) is 11.8 Å². The third-order valence-corrected chi connectivity index (χ3v) is 5.18. The standard InChI is InChI=1S/C28H24N2O2/c1-19-5-3-7-23(17-19)27(31)29-25-13-9-21(10-14-25)22-11-15-26(16-12-22)30-28(32)24-8-4-6-20(2)18-24/h3-18H,1-2H3,(H,29,31)(H,30,32). The third-order valence-electron chi connectivity index (χ3n) is 5.18. The van der Waals surface area contributed by atoms with Gasteiger partial charge in [-0.25, -0.2) is 0 Å². The van der Waals surface area contributed by atoms with Crippen LogP contribution in [0, 0.1) is 13.8 Å². The summed E-state index contributed by atoms with van der Waals surface area (Å²) >= 11 is 0. The Hall–Kier alpha value is -4.18. The molecule has 158 valence electrons. The van der Waals surface area contributed by atoms with Crippen LogP contribution in [-0.4, -0.2) is 11.8 Å². The van der Waals surface area contributed by atoms with Crippen LogP contribution in [0.25, 0.3) is 11.1 Å². The van der Waals surface area contributed by atoms with Crippen LogP contribution in [0.1, 0.15) is 31.8 Å². The van der Waals surface area contributed by atoms with E-state index in [2.05, 4.69) is 10.6 Å². The second kappa shape index (κ2) is 9.31. The van der Waals surface area contributed by atoms with Gasteiger partial charge in [-0.2, -0.15) is 0 Å². The fourth-order valence-electron chi connectivity index (χ4n) is 3.47. The molecule has 4 nitrogen and oxygen atoms in total. The highest BCUT2D eigenvalue weighted by Gasteiger charge is 2.08. The third kappa shape index (κ3) is 5.10. The fraction of sp³-hybridized carbons (Fsp3) is 0.0714. The molecule has 4 rings (SSSR count). The van der Waals surface area contributed by atoms with Crippen LogP contribution in [-0.2, 0) is 0 Å². The highest BCUT2D eigenvalue weighted by Crippen LogP contribution is 2.24. The van der Waals surface area contributed by atoms with Crippen molar-refractivity contribution >= 4 is 23.2 Å². The van der Waals surface area contributed by atoms with Crippen LogP contribution in [0.3, 0.4) is 0 Å². The highest BCUT2D eigenvalue weighted by atomic mass is 16.2. The van der Waals surface area contributed by atoms with Crippen LogP contribution in [0.2, 0.25) is 0 Å². The van der Waals surface area contributed by atoms with Crippen molar-refractivity contribution in [3.63, 3.8) is 0 Å². The van der Waals surface area contributed by atoms with Crippen LogP contribution in [0.4, 0.5) is 11.4 Å². The molecule has 0 atom stereocenters. The molecule has 0 saturated carbocycles. The zero-order valence-corrected chi connectivity index (χ0v) is 18.1. The van der Waals surface area contributed by atoms with E-state index in [4.69, 9.17) is 0 Å². The quantitative estimate of drug-likeness (QED) is 0.388. The molecule has 32 heavy (non-hydrogen) atoms. The van der Waals surface area contributed by atoms with E-state index in [-0.39, 0.29) is 11.8 Å². The van der Waals surface area contributed by atoms with Crippen molar-refractivity contribution in [2.75, 3.05) is 10.6 Å². The van der Waals surface area contributed by atoms with Gasteiger partial charge in [0.15, 0.2) is 0 Å². The van der Waals surface area contributed by atoms with Crippen LogP contribution in [0.15, 0.2) is 97.1 Å². The van der Waals surface area contributed by atoms with E-state index in [9.17, 15) is 9.59 Å². The summed E-state index contributed by atoms with van der Waals surface area (Å²) in [5, 5.41) is 5.86. The number of hydrogen-bond acceptors (Lipinski definition) is 2. The molecular weight excluding hydrogens is 396 g/mol. The van der Waals surface area contributed by atoms with Gasteiger partial charge in [0.05, 0.1) is 0 Å². The number of carbonyl (C=O) groups excluding carboxylic acids is 2. The smallest absolute Gasteiger partial charge is 0.255 e. The van der Waals surface area contributed by atoms with E-state index < -0.39 is 0 Å². The van der Waals surface area contributed by atoms with E-state index in [1.165, 1.54) is 0 Å². The number of rotatable bonds is 5. The molecule has 0 spiro atoms. The lowest BCUT2D eigenvalue weighted by atomic mass is 10.0. The maximum atomic E-state index is 12.4. The number of aryl methyl sites for hydroxylation is 2. The van der Waals surface area contributed by atoms with E-state index in [0.29, 0.717) is 11.1 Å². The molecule has 0 aliphatic rings. The predicted molar refractivity (Wildman–Crippen MR) is 130 cm³/mol. The molecule has 0 bridgehead atoms. The van der Waals surface area contributed by atoms with Gasteiger partial charge in [-0.3, -0.25) is 9.59 Å². The van der Waals surface area contributed by atoms with E-state index in [1.807, 2.05) is 98.8 Å². The normalized spacial score (nSPS) is 10.4. The first kappa shape index (κ1) is 21.1. The molecule has 4 heteroatoms. The Labute approximate surface area is 187 Å². The Morgan fingerprint density at radius 3 is 1.25 bits per heavy atom. The van der Waals surface area contributed by atoms with Crippen molar-refractivity contribution in [2.45, 2.75) is 13.8 Å². The minimum absolute atomic E-state index is 0.129. The average molecular weight is 421 g/mol. The molecule has 0 radical (unpaired) electrons. The van der Waals surface area contributed by atoms with Crippen molar-refractivity contribution in [3.8, 4) is 11.1 Å². The monoisotopic (exact) mass is 420 g/mol. The van der Waals surface area contributed by atoms with Crippen LogP contribution in [0.5, 0.6) is 0 Å². The van der Waals surface area contributed by atoms with Gasteiger partial charge in [-0.05, 0) is 73.5 Å². The van der Waals surface area contributed by atoms with Gasteiger partial charge in [-0.1, -0.05) is 59.7 Å². The molecule has 0 aliphatic carbocycles. The fourth-order valence-corrected chi connectivity index (χ4v) is 3.47. The van der Waals surface area contributed by atoms with Gasteiger partial charge in [0.2, 0.25) is 0 Å². The average Bonchev–Trinajstić information content (AvgIpc) is 2.80. The second-order valence-corrected chi connectivity index (χ2v) is 7.80. The van der Waals surface area contributed by atoms with Crippen molar-refractivity contribution in [2.24, 2.45) is 0 Å². The summed E-state index contributed by atoms with van der Waals surface area (Å²) in [4.78, 5) is 24.8. The van der Waals surface area contributed by atoms with E-state index in [0.717, 1.165) is 33.6 Å². The topological polar surface area (TPSA) is 58.2 Å². The Morgan fingerprint density at radius 1 is 0.531 bits per heavy atom. The first-order valence-electron chi connectivity index (χ1n) is 10.4. The molecule has 2 amide bonds. The number of hydrogen-bond donors (Lipinski definition) is 2. The van der Waals surface area contributed by atoms with E-state index >= 15 is 0 Å². The summed E-state index contributed by atoms with van der Waals surface area (Å²) in [5.74, 6) is -0.259. The predicted octanol–water partition coefficient (Wildman–Crippen LogP) is 6.48. The SMILES string of the molecule is Cc1cccc(C(=O)Nc2ccc(-c3ccc(NC(=O)c4cccc(C)c4)cc3)cc2)c1. The Balaban J connectivity index is 1.41. The maximum Gasteiger partial charge on any atom is 0.255 e. The highest BCUT2D eigenvalue weighted by molar-refractivity contribution is 6.05. The Kier molecular flexibility index (Phi) is 6.13. The zero-order chi connectivity index (χ0) is 22.5. The number of nitrogens with one attached hydrogen (secondary N) is 2. The number of carbonyl (C=O) groups is 2. The number of anilines is 2. The summed E-state index contributed by atoms with van der Waals surface area (Å²) in [7, 11) is 0. The number of amides is 2. The van der Waals surface area contributed by atoms with E-state index in [1.54, 1.807) is 12.1 Å². The minimum atomic E-state index is -0.129. The second-order valence-electron chi connectivity index (χ2n) is 7.80. The molecule has 0 fully saturated rings. The lowest BCUT2D eigenvalue weighted by Crippen LogP contribution is -2.12. The van der Waals surface area contributed by atoms with Crippen molar-refractivity contribution in [1.29, 1.82) is 0 Å². The van der Waals surface area contributed by atoms with Crippen molar-refractivity contribution in [1.82, 2.24) is 0 Å². The molecule has 4 aromatic carbocycles. The van der Waals surface area contributed by atoms with Crippen LogP contribution >= 0.6 is 0 Å². The Bertz CT molecular complexity index is 1160. The van der Waals surface area contributed by atoms with Gasteiger partial charge in [-0.15, -0.1) is 0 Å². The minimum Gasteiger partial charge on any atom is -0.322 e. The lowest BCUT2D eigenvalue weighted by Gasteiger charge is -2.09. The van der Waals surface area contributed by atoms with Crippen molar-refractivity contribution in [3.05, 3.63) is 119 Å². The molecule has 0 heterocycles. The lowest BCUT2D eigenvalue weighted by molar-refractivity contribution is 0.101. The molecule has 4 aromatic rings. The molecular formula is C28H24N2O2. The number of benzene rings is 4. The molecule has 0 aliphatic heterocycles. The maximum absolute atomic E-state index is 12.4. The molecule has 0 aromatic heterocycles. The summed E-state index contributed by atoms with van der Waals surface area (Å²) < 4.78 is 0. The van der Waals surface area contributed by atoms with Gasteiger partial charge in [0, 0.05) is 22.5 Å². The summed E-state index contributed by atoms with van der Waals surface area (Å²) in [6, 6.07) is 30.4. The largest absolute Gasteiger partial charge is 0.322 e. The van der Waals surface area contributed by atoms with Gasteiger partial charge in [0.1, 0.15) is 0 Å². The molecule has 0 saturated heterocycles. The van der Waals surface area contributed by atoms with Crippen LogP contribution < -0.4 is 10.6 Å². The first-order valence-corrected chi connectivity index (χ1v) is 10.4. The molecule has 2 N–H and O–H groups in total. The molecule has 0 unspecified atom stereocenters. The summed E-state index contributed by atoms with van der Waals surface area (Å²) in [5.41, 5.74) is 6.89. The summed E-state index contributed by atoms with van der Waals surface area (Å²) in [6.07, 6.45) is 0. The van der Waals surface area contributed by atoms with Gasteiger partial charge >= 0.3 is 0 Å². The Morgan fingerprint density at radius 2 is 0.906 bits per heavy atom.